The maximum Gasteiger partial charge on any atom is 0.411 e. The Hall–Kier alpha value is -3.06. The highest BCUT2D eigenvalue weighted by Crippen LogP contribution is 2.36. The minimum Gasteiger partial charge on any atom is -0.453 e. The molecule has 138 valence electrons. The normalized spacial score (nSPS) is 11.1. The molecule has 0 aliphatic heterocycles. The van der Waals surface area contributed by atoms with Gasteiger partial charge in [0.15, 0.2) is 0 Å². The molecule has 0 aliphatic rings. The van der Waals surface area contributed by atoms with Crippen molar-refractivity contribution in [2.45, 2.75) is 13.8 Å². The Morgan fingerprint density at radius 2 is 2.15 bits per heavy atom. The molecule has 6 nitrogen and oxygen atoms in total. The summed E-state index contributed by atoms with van der Waals surface area (Å²) in [5.74, 6) is 0.978. The lowest BCUT2D eigenvalue weighted by Gasteiger charge is -2.08. The van der Waals surface area contributed by atoms with Gasteiger partial charge in [-0.2, -0.15) is 0 Å². The molecule has 4 aromatic rings. The van der Waals surface area contributed by atoms with Crippen LogP contribution in [0.1, 0.15) is 12.5 Å². The lowest BCUT2D eigenvalue weighted by molar-refractivity contribution is 0.187. The molecule has 1 aromatic carbocycles. The number of benzene rings is 1. The van der Waals surface area contributed by atoms with Crippen molar-refractivity contribution in [1.82, 2.24) is 9.38 Å². The quantitative estimate of drug-likeness (QED) is 0.515. The van der Waals surface area contributed by atoms with Gasteiger partial charge in [-0.3, -0.25) is 9.72 Å². The maximum absolute atomic E-state index is 11.6. The summed E-state index contributed by atoms with van der Waals surface area (Å²) in [6, 6.07) is 9.91. The summed E-state index contributed by atoms with van der Waals surface area (Å²) in [5.41, 5.74) is 3.67. The van der Waals surface area contributed by atoms with Gasteiger partial charge in [0.25, 0.3) is 0 Å². The number of thiophene rings is 1. The van der Waals surface area contributed by atoms with Crippen molar-refractivity contribution in [3.05, 3.63) is 47.5 Å². The van der Waals surface area contributed by atoms with Gasteiger partial charge >= 0.3 is 6.09 Å². The van der Waals surface area contributed by atoms with Crippen molar-refractivity contribution in [3.63, 3.8) is 0 Å². The third-order valence-corrected chi connectivity index (χ3v) is 5.48. The lowest BCUT2D eigenvalue weighted by atomic mass is 10.1. The molecule has 0 spiro atoms. The smallest absolute Gasteiger partial charge is 0.411 e. The van der Waals surface area contributed by atoms with E-state index in [0.29, 0.717) is 5.69 Å². The molecule has 27 heavy (non-hydrogen) atoms. The zero-order valence-corrected chi connectivity index (χ0v) is 16.2. The summed E-state index contributed by atoms with van der Waals surface area (Å²) in [4.78, 5) is 17.7. The number of hydrogen-bond donors (Lipinski definition) is 2. The van der Waals surface area contributed by atoms with Crippen molar-refractivity contribution in [3.8, 4) is 10.6 Å². The van der Waals surface area contributed by atoms with Crippen LogP contribution in [0.15, 0.2) is 41.9 Å². The Kier molecular flexibility index (Phi) is 4.45. The van der Waals surface area contributed by atoms with Gasteiger partial charge in [-0.1, -0.05) is 6.07 Å². The summed E-state index contributed by atoms with van der Waals surface area (Å²) in [6.45, 7) is 4.97. The van der Waals surface area contributed by atoms with E-state index in [1.807, 2.05) is 24.4 Å². The number of fused-ring (bicyclic) bond motifs is 3. The second-order valence-electron chi connectivity index (χ2n) is 6.20. The fourth-order valence-electron chi connectivity index (χ4n) is 3.17. The maximum atomic E-state index is 11.6. The van der Waals surface area contributed by atoms with Gasteiger partial charge in [-0.05, 0) is 54.4 Å². The van der Waals surface area contributed by atoms with Gasteiger partial charge in [0.2, 0.25) is 0 Å². The fraction of sp³-hybridized carbons (Fsp3) is 0.200. The Morgan fingerprint density at radius 1 is 1.30 bits per heavy atom. The highest BCUT2D eigenvalue weighted by Gasteiger charge is 2.18. The van der Waals surface area contributed by atoms with Crippen molar-refractivity contribution < 1.29 is 9.53 Å². The molecule has 7 heteroatoms. The largest absolute Gasteiger partial charge is 0.453 e. The van der Waals surface area contributed by atoms with E-state index >= 15 is 0 Å². The predicted molar refractivity (Wildman–Crippen MR) is 111 cm³/mol. The van der Waals surface area contributed by atoms with E-state index in [-0.39, 0.29) is 0 Å². The second-order valence-corrected chi connectivity index (χ2v) is 7.12. The standard InChI is InChI=1S/C20H20N4O2S/c1-4-21-19-16(17-12(2)8-10-27-17)23-18-15-11-14(22-20(25)26-3)6-5-13(15)7-9-24(18)19/h5-11,21H,4H2,1-3H3,(H,22,25). The van der Waals surface area contributed by atoms with Crippen LogP contribution in [-0.2, 0) is 4.74 Å². The van der Waals surface area contributed by atoms with Crippen molar-refractivity contribution in [2.24, 2.45) is 0 Å². The van der Waals surface area contributed by atoms with E-state index < -0.39 is 6.09 Å². The molecule has 0 aliphatic carbocycles. The summed E-state index contributed by atoms with van der Waals surface area (Å²) in [7, 11) is 1.35. The van der Waals surface area contributed by atoms with E-state index in [4.69, 9.17) is 9.72 Å². The summed E-state index contributed by atoms with van der Waals surface area (Å²) in [5, 5.41) is 10.3. The third-order valence-electron chi connectivity index (χ3n) is 4.46. The summed E-state index contributed by atoms with van der Waals surface area (Å²) in [6.07, 6.45) is 1.54. The van der Waals surface area contributed by atoms with Crippen LogP contribution < -0.4 is 10.6 Å². The molecule has 2 N–H and O–H groups in total. The molecule has 0 atom stereocenters. The Bertz CT molecular complexity index is 1150. The number of rotatable bonds is 4. The van der Waals surface area contributed by atoms with Crippen molar-refractivity contribution >= 4 is 45.4 Å². The summed E-state index contributed by atoms with van der Waals surface area (Å²) < 4.78 is 6.76. The number of nitrogens with one attached hydrogen (secondary N) is 2. The molecule has 0 radical (unpaired) electrons. The van der Waals surface area contributed by atoms with Crippen LogP contribution >= 0.6 is 11.3 Å². The molecule has 0 fully saturated rings. The zero-order chi connectivity index (χ0) is 19.0. The molecule has 1 amide bonds. The molecule has 0 saturated carbocycles. The number of methoxy groups -OCH3 is 1. The van der Waals surface area contributed by atoms with Crippen LogP contribution in [0.4, 0.5) is 16.3 Å². The SMILES string of the molecule is CCNc1c(-c2sccc2C)nc2c3cc(NC(=O)OC)ccc3ccn12. The van der Waals surface area contributed by atoms with Gasteiger partial charge in [-0.25, -0.2) is 9.78 Å². The first-order chi connectivity index (χ1) is 13.1. The minimum absolute atomic E-state index is 0.493. The van der Waals surface area contributed by atoms with Gasteiger partial charge in [-0.15, -0.1) is 11.3 Å². The van der Waals surface area contributed by atoms with Crippen LogP contribution in [0.2, 0.25) is 0 Å². The first-order valence-electron chi connectivity index (χ1n) is 8.70. The number of amides is 1. The number of carbonyl (C=O) groups is 1. The monoisotopic (exact) mass is 380 g/mol. The van der Waals surface area contributed by atoms with Gasteiger partial charge in [0.05, 0.1) is 12.0 Å². The lowest BCUT2D eigenvalue weighted by Crippen LogP contribution is -2.10. The van der Waals surface area contributed by atoms with E-state index in [1.54, 1.807) is 11.3 Å². The van der Waals surface area contributed by atoms with Crippen LogP contribution in [-0.4, -0.2) is 29.1 Å². The molecule has 3 heterocycles. The number of aryl methyl sites for hydroxylation is 1. The van der Waals surface area contributed by atoms with Gasteiger partial charge in [0, 0.05) is 23.8 Å². The Balaban J connectivity index is 1.96. The number of imidazole rings is 1. The average molecular weight is 380 g/mol. The number of aromatic nitrogens is 2. The number of nitrogens with zero attached hydrogens (tertiary/aromatic N) is 2. The molecule has 0 unspecified atom stereocenters. The topological polar surface area (TPSA) is 67.7 Å². The minimum atomic E-state index is -0.493. The van der Waals surface area contributed by atoms with Crippen LogP contribution in [0.25, 0.3) is 27.0 Å². The highest BCUT2D eigenvalue weighted by molar-refractivity contribution is 7.13. The van der Waals surface area contributed by atoms with Gasteiger partial charge in [0.1, 0.15) is 17.2 Å². The fourth-order valence-corrected chi connectivity index (χ4v) is 4.09. The van der Waals surface area contributed by atoms with Crippen molar-refractivity contribution in [1.29, 1.82) is 0 Å². The van der Waals surface area contributed by atoms with Crippen LogP contribution in [0.3, 0.4) is 0 Å². The predicted octanol–water partition coefficient (Wildman–Crippen LogP) is 5.13. The molecule has 4 rings (SSSR count). The molecule has 0 bridgehead atoms. The number of carbonyl (C=O) groups excluding carboxylic acids is 1. The van der Waals surface area contributed by atoms with Gasteiger partial charge < -0.3 is 10.1 Å². The molecule has 3 aromatic heterocycles. The van der Waals surface area contributed by atoms with Crippen LogP contribution in [0, 0.1) is 6.92 Å². The van der Waals surface area contributed by atoms with E-state index in [2.05, 4.69) is 46.4 Å². The first-order valence-corrected chi connectivity index (χ1v) is 9.58. The Morgan fingerprint density at radius 3 is 2.85 bits per heavy atom. The average Bonchev–Trinajstić information content (AvgIpc) is 3.25. The second kappa shape index (κ2) is 6.92. The summed E-state index contributed by atoms with van der Waals surface area (Å²) >= 11 is 1.69. The zero-order valence-electron chi connectivity index (χ0n) is 15.4. The number of hydrogen-bond acceptors (Lipinski definition) is 5. The molecular weight excluding hydrogens is 360 g/mol. The number of anilines is 2. The van der Waals surface area contributed by atoms with Crippen LogP contribution in [0.5, 0.6) is 0 Å². The van der Waals surface area contributed by atoms with E-state index in [1.165, 1.54) is 12.7 Å². The molecule has 0 saturated heterocycles. The van der Waals surface area contributed by atoms with Crippen molar-refractivity contribution in [2.75, 3.05) is 24.3 Å². The Labute approximate surface area is 160 Å². The van der Waals surface area contributed by atoms with E-state index in [0.717, 1.165) is 39.4 Å². The van der Waals surface area contributed by atoms with E-state index in [9.17, 15) is 4.79 Å². The molecular formula is C20H20N4O2S. The highest BCUT2D eigenvalue weighted by atomic mass is 32.1. The first kappa shape index (κ1) is 17.4. The number of pyridine rings is 1. The number of ether oxygens (including phenoxy) is 1. The third kappa shape index (κ3) is 3.00.